The molecular formula is C15H21F3N4O4S. The van der Waals surface area contributed by atoms with Gasteiger partial charge in [0.1, 0.15) is 11.9 Å². The number of rotatable bonds is 3. The van der Waals surface area contributed by atoms with Crippen molar-refractivity contribution in [1.29, 1.82) is 0 Å². The number of alkyl halides is 3. The first-order chi connectivity index (χ1) is 12.7. The van der Waals surface area contributed by atoms with Crippen LogP contribution in [-0.2, 0) is 16.0 Å². The van der Waals surface area contributed by atoms with Crippen molar-refractivity contribution in [3.63, 3.8) is 0 Å². The molecule has 0 spiro atoms. The van der Waals surface area contributed by atoms with Gasteiger partial charge in [0, 0.05) is 50.0 Å². The van der Waals surface area contributed by atoms with Crippen LogP contribution in [-0.4, -0.2) is 75.7 Å². The van der Waals surface area contributed by atoms with E-state index in [9.17, 15) is 22.2 Å². The number of aromatic amines is 1. The maximum Gasteiger partial charge on any atom is 0.410 e. The fourth-order valence-electron chi connectivity index (χ4n) is 3.41. The molecule has 3 heterocycles. The van der Waals surface area contributed by atoms with Gasteiger partial charge in [0.25, 0.3) is 5.56 Å². The lowest BCUT2D eigenvalue weighted by molar-refractivity contribution is -0.153. The number of hydrogen-bond acceptors (Lipinski definition) is 5. The van der Waals surface area contributed by atoms with Crippen LogP contribution in [0, 0.1) is 0 Å². The molecule has 0 radical (unpaired) electrons. The molecule has 2 fully saturated rings. The van der Waals surface area contributed by atoms with E-state index in [2.05, 4.69) is 4.98 Å². The van der Waals surface area contributed by atoms with Gasteiger partial charge in [0.2, 0.25) is 11.3 Å². The molecule has 0 aromatic carbocycles. The third-order valence-electron chi connectivity index (χ3n) is 4.77. The molecule has 0 amide bonds. The predicted octanol–water partition coefficient (Wildman–Crippen LogP) is 0.790. The highest BCUT2D eigenvalue weighted by Crippen LogP contribution is 2.32. The number of morpholine rings is 1. The van der Waals surface area contributed by atoms with Gasteiger partial charge in [-0.25, -0.2) is 4.21 Å². The topological polar surface area (TPSA) is 89.1 Å². The van der Waals surface area contributed by atoms with Crippen molar-refractivity contribution in [2.75, 3.05) is 49.2 Å². The van der Waals surface area contributed by atoms with Gasteiger partial charge in [0.15, 0.2) is 0 Å². The smallest absolute Gasteiger partial charge is 0.377 e. The zero-order chi connectivity index (χ0) is 19.8. The Bertz CT molecular complexity index is 759. The summed E-state index contributed by atoms with van der Waals surface area (Å²) in [4.78, 5) is 17.5. The number of H-pyrrole nitrogens is 1. The summed E-state index contributed by atoms with van der Waals surface area (Å²) in [5.74, 6) is 0.0434. The molecular weight excluding hydrogens is 389 g/mol. The molecule has 27 heavy (non-hydrogen) atoms. The fraction of sp³-hybridized carbons (Fsp3) is 0.667. The second-order valence-electron chi connectivity index (χ2n) is 6.57. The lowest BCUT2D eigenvalue weighted by Gasteiger charge is -2.42. The number of anilines is 2. The molecule has 12 heteroatoms. The van der Waals surface area contributed by atoms with Gasteiger partial charge >= 0.3 is 6.18 Å². The molecule has 2 aliphatic rings. The average Bonchev–Trinajstić information content (AvgIpc) is 2.60. The standard InChI is InChI=1S/C15H21F3N4O4S/c1-10-9-26-5-4-21(10)11-6-13(19-14(23)7-11)22-3-2-20(27(24)25)8-12(22)15(16,17)18/h6-7,10,12H,2-5,8-9H2,1H3,(H,19,23)(H,24,25)/t10-,12?/m1/s1. The zero-order valence-electron chi connectivity index (χ0n) is 14.6. The molecule has 2 saturated heterocycles. The minimum atomic E-state index is -4.63. The molecule has 0 saturated carbocycles. The first-order valence-corrected chi connectivity index (χ1v) is 9.51. The number of nitrogens with zero attached hydrogens (tertiary/aromatic N) is 3. The molecule has 152 valence electrons. The second-order valence-corrected chi connectivity index (χ2v) is 7.55. The minimum absolute atomic E-state index is 0.0135. The summed E-state index contributed by atoms with van der Waals surface area (Å²) in [7, 11) is 0. The number of piperazine rings is 1. The van der Waals surface area contributed by atoms with E-state index in [1.165, 1.54) is 12.1 Å². The fourth-order valence-corrected chi connectivity index (χ4v) is 3.92. The number of nitrogens with one attached hydrogen (secondary N) is 1. The minimum Gasteiger partial charge on any atom is -0.377 e. The van der Waals surface area contributed by atoms with Gasteiger partial charge in [-0.2, -0.15) is 17.5 Å². The lowest BCUT2D eigenvalue weighted by atomic mass is 10.1. The molecule has 2 unspecified atom stereocenters. The van der Waals surface area contributed by atoms with E-state index in [4.69, 9.17) is 9.29 Å². The number of halogens is 3. The Balaban J connectivity index is 1.94. The van der Waals surface area contributed by atoms with Crippen molar-refractivity contribution < 1.29 is 26.7 Å². The number of ether oxygens (including phenoxy) is 1. The maximum atomic E-state index is 13.6. The van der Waals surface area contributed by atoms with E-state index in [1.807, 2.05) is 11.8 Å². The monoisotopic (exact) mass is 410 g/mol. The van der Waals surface area contributed by atoms with Crippen molar-refractivity contribution in [2.24, 2.45) is 0 Å². The van der Waals surface area contributed by atoms with Gasteiger partial charge < -0.3 is 19.5 Å². The predicted molar refractivity (Wildman–Crippen MR) is 94.2 cm³/mol. The summed E-state index contributed by atoms with van der Waals surface area (Å²) < 4.78 is 67.2. The van der Waals surface area contributed by atoms with Crippen LogP contribution in [0.1, 0.15) is 6.92 Å². The Morgan fingerprint density at radius 3 is 2.63 bits per heavy atom. The van der Waals surface area contributed by atoms with Gasteiger partial charge in [-0.15, -0.1) is 0 Å². The summed E-state index contributed by atoms with van der Waals surface area (Å²) in [6.45, 7) is 2.54. The molecule has 8 nitrogen and oxygen atoms in total. The van der Waals surface area contributed by atoms with E-state index in [0.717, 1.165) is 9.21 Å². The van der Waals surface area contributed by atoms with Crippen LogP contribution in [0.5, 0.6) is 0 Å². The number of pyridine rings is 1. The van der Waals surface area contributed by atoms with Crippen LogP contribution in [0.4, 0.5) is 24.7 Å². The van der Waals surface area contributed by atoms with E-state index >= 15 is 0 Å². The van der Waals surface area contributed by atoms with E-state index in [1.54, 1.807) is 0 Å². The molecule has 2 aliphatic heterocycles. The highest BCUT2D eigenvalue weighted by Gasteiger charge is 2.48. The van der Waals surface area contributed by atoms with Crippen LogP contribution in [0.15, 0.2) is 16.9 Å². The largest absolute Gasteiger partial charge is 0.410 e. The van der Waals surface area contributed by atoms with Crippen LogP contribution in [0.25, 0.3) is 0 Å². The molecule has 0 aliphatic carbocycles. The number of aromatic nitrogens is 1. The van der Waals surface area contributed by atoms with Crippen molar-refractivity contribution in [1.82, 2.24) is 9.29 Å². The Morgan fingerprint density at radius 1 is 1.26 bits per heavy atom. The van der Waals surface area contributed by atoms with Gasteiger partial charge in [-0.1, -0.05) is 0 Å². The molecule has 1 aromatic heterocycles. The third kappa shape index (κ3) is 4.45. The maximum absolute atomic E-state index is 13.6. The molecule has 0 bridgehead atoms. The van der Waals surface area contributed by atoms with Gasteiger partial charge in [-0.05, 0) is 6.92 Å². The molecule has 2 N–H and O–H groups in total. The van der Waals surface area contributed by atoms with Gasteiger partial charge in [0.05, 0.1) is 13.2 Å². The van der Waals surface area contributed by atoms with Crippen LogP contribution in [0.3, 0.4) is 0 Å². The van der Waals surface area contributed by atoms with Gasteiger partial charge in [-0.3, -0.25) is 9.35 Å². The second kappa shape index (κ2) is 7.78. The normalized spacial score (nSPS) is 26.3. The van der Waals surface area contributed by atoms with Crippen molar-refractivity contribution in [3.8, 4) is 0 Å². The van der Waals surface area contributed by atoms with Crippen molar-refractivity contribution in [3.05, 3.63) is 22.5 Å². The summed E-state index contributed by atoms with van der Waals surface area (Å²) in [6, 6.07) is 0.858. The summed E-state index contributed by atoms with van der Waals surface area (Å²) >= 11 is -2.48. The molecule has 3 atom stereocenters. The van der Waals surface area contributed by atoms with Crippen molar-refractivity contribution >= 4 is 22.8 Å². The Labute approximate surface area is 156 Å². The quantitative estimate of drug-likeness (QED) is 0.717. The Morgan fingerprint density at radius 2 is 2.00 bits per heavy atom. The third-order valence-corrected chi connectivity index (χ3v) is 5.54. The zero-order valence-corrected chi connectivity index (χ0v) is 15.4. The number of hydrogen-bond donors (Lipinski definition) is 2. The van der Waals surface area contributed by atoms with E-state index < -0.39 is 35.6 Å². The first kappa shape index (κ1) is 20.1. The highest BCUT2D eigenvalue weighted by molar-refractivity contribution is 7.76. The van der Waals surface area contributed by atoms with Crippen molar-refractivity contribution in [2.45, 2.75) is 25.2 Å². The van der Waals surface area contributed by atoms with Crippen LogP contribution >= 0.6 is 0 Å². The van der Waals surface area contributed by atoms with E-state index in [-0.39, 0.29) is 24.9 Å². The van der Waals surface area contributed by atoms with Crippen LogP contribution < -0.4 is 15.4 Å². The molecule has 1 aromatic rings. The average molecular weight is 410 g/mol. The summed E-state index contributed by atoms with van der Waals surface area (Å²) in [5, 5.41) is 0. The van der Waals surface area contributed by atoms with Crippen LogP contribution in [0.2, 0.25) is 0 Å². The first-order valence-electron chi connectivity index (χ1n) is 8.45. The Kier molecular flexibility index (Phi) is 5.79. The van der Waals surface area contributed by atoms with E-state index in [0.29, 0.717) is 25.4 Å². The summed E-state index contributed by atoms with van der Waals surface area (Å²) in [5.41, 5.74) is 0.0221. The summed E-state index contributed by atoms with van der Waals surface area (Å²) in [6.07, 6.45) is -4.63. The highest BCUT2D eigenvalue weighted by atomic mass is 32.2. The Hall–Kier alpha value is -1.63. The lowest BCUT2D eigenvalue weighted by Crippen LogP contribution is -2.59. The SMILES string of the molecule is C[C@@H]1COCCN1c1cc(N2CCN(S(=O)O)CC2C(F)(F)F)[nH]c(=O)c1. The molecule has 3 rings (SSSR count).